The molecule has 11 heteroatoms. The summed E-state index contributed by atoms with van der Waals surface area (Å²) >= 11 is 15.0. The number of aryl methyl sites for hydroxylation is 2. The fourth-order valence-electron chi connectivity index (χ4n) is 4.68. The number of carbonyl (C=O) groups is 2. The number of nitrogens with zero attached hydrogens (tertiary/aromatic N) is 3. The second-order valence-corrected chi connectivity index (χ2v) is 12.1. The molecule has 1 aromatic carbocycles. The summed E-state index contributed by atoms with van der Waals surface area (Å²) in [7, 11) is 1.53. The molecule has 8 nitrogen and oxygen atoms in total. The van der Waals surface area contributed by atoms with Crippen molar-refractivity contribution in [2.75, 3.05) is 18.6 Å². The van der Waals surface area contributed by atoms with E-state index in [1.54, 1.807) is 28.5 Å². The average molecular weight is 663 g/mol. The van der Waals surface area contributed by atoms with Gasteiger partial charge in [0.25, 0.3) is 0 Å². The zero-order chi connectivity index (χ0) is 32.8. The number of allylic oxidation sites excluding steroid dienone is 1. The molecule has 2 aromatic rings. The highest BCUT2D eigenvalue weighted by Gasteiger charge is 2.27. The predicted octanol–water partition coefficient (Wildman–Crippen LogP) is 7.70. The first-order valence-corrected chi connectivity index (χ1v) is 16.5. The van der Waals surface area contributed by atoms with Crippen LogP contribution in [0.3, 0.4) is 0 Å². The lowest BCUT2D eigenvalue weighted by Gasteiger charge is -2.33. The van der Waals surface area contributed by atoms with Crippen LogP contribution >= 0.6 is 34.5 Å². The molecule has 3 rings (SSSR count). The average Bonchev–Trinajstić information content (AvgIpc) is 3.53. The number of amides is 2. The summed E-state index contributed by atoms with van der Waals surface area (Å²) in [6, 6.07) is 1.79. The van der Waals surface area contributed by atoms with Crippen molar-refractivity contribution >= 4 is 58.3 Å². The molecule has 1 heterocycles. The minimum absolute atomic E-state index is 0.0209. The van der Waals surface area contributed by atoms with Gasteiger partial charge in [-0.3, -0.25) is 9.59 Å². The van der Waals surface area contributed by atoms with Crippen LogP contribution in [0.1, 0.15) is 71.6 Å². The number of nitrogens with one attached hydrogen (secondary N) is 2. The Balaban J connectivity index is 0.000000843. The van der Waals surface area contributed by atoms with Gasteiger partial charge in [-0.25, -0.2) is 9.98 Å². The SMILES string of the molecule is C=CC(=O)N[C@H]1CCCC[C@H]1NC(=C)/N=C\C(CN(C(C)=O)c1c(Cl)c(CC)cc(OC)c1Cl)=C(C)C.CCc1cscn1. The summed E-state index contributed by atoms with van der Waals surface area (Å²) in [5.74, 6) is 0.527. The molecular formula is C33H45Cl2N5O3S. The third-order valence-electron chi connectivity index (χ3n) is 7.29. The van der Waals surface area contributed by atoms with E-state index in [-0.39, 0.29) is 35.5 Å². The Hall–Kier alpha value is -3.14. The van der Waals surface area contributed by atoms with Gasteiger partial charge in [0, 0.05) is 30.6 Å². The second kappa shape index (κ2) is 18.6. The molecular weight excluding hydrogens is 617 g/mol. The molecule has 1 saturated carbocycles. The zero-order valence-electron chi connectivity index (χ0n) is 26.6. The maximum Gasteiger partial charge on any atom is 0.243 e. The number of hydrogen-bond acceptors (Lipinski definition) is 7. The van der Waals surface area contributed by atoms with Crippen LogP contribution in [0.2, 0.25) is 10.0 Å². The third-order valence-corrected chi connectivity index (χ3v) is 8.72. The fraction of sp³-hybridized carbons (Fsp3) is 0.455. The normalized spacial score (nSPS) is 15.9. The van der Waals surface area contributed by atoms with Gasteiger partial charge in [0.05, 0.1) is 35.6 Å². The van der Waals surface area contributed by atoms with Crippen molar-refractivity contribution in [3.05, 3.63) is 74.5 Å². The summed E-state index contributed by atoms with van der Waals surface area (Å²) in [6.45, 7) is 17.3. The minimum atomic E-state index is -0.216. The summed E-state index contributed by atoms with van der Waals surface area (Å²) in [5, 5.41) is 9.11. The molecule has 0 radical (unpaired) electrons. The predicted molar refractivity (Wildman–Crippen MR) is 185 cm³/mol. The molecule has 0 saturated heterocycles. The van der Waals surface area contributed by atoms with E-state index in [4.69, 9.17) is 27.9 Å². The van der Waals surface area contributed by atoms with E-state index in [9.17, 15) is 9.59 Å². The quantitative estimate of drug-likeness (QED) is 0.179. The molecule has 1 aliphatic carbocycles. The minimum Gasteiger partial charge on any atom is -0.495 e. The summed E-state index contributed by atoms with van der Waals surface area (Å²) in [4.78, 5) is 34.8. The Morgan fingerprint density at radius 2 is 1.80 bits per heavy atom. The molecule has 0 spiro atoms. The maximum atomic E-state index is 12.8. The van der Waals surface area contributed by atoms with Gasteiger partial charge in [-0.05, 0) is 62.8 Å². The summed E-state index contributed by atoms with van der Waals surface area (Å²) in [5.41, 5.74) is 6.09. The molecule has 2 amide bonds. The molecule has 1 aromatic heterocycles. The number of thiazole rings is 1. The van der Waals surface area contributed by atoms with Crippen LogP contribution in [-0.2, 0) is 22.4 Å². The number of carbonyl (C=O) groups excluding carboxylic acids is 2. The Labute approximate surface area is 276 Å². The van der Waals surface area contributed by atoms with Crippen molar-refractivity contribution < 1.29 is 14.3 Å². The van der Waals surface area contributed by atoms with Crippen LogP contribution in [0.15, 0.2) is 58.2 Å². The number of halogens is 2. The van der Waals surface area contributed by atoms with Crippen LogP contribution in [-0.4, -0.2) is 48.8 Å². The first kappa shape index (κ1) is 37.0. The zero-order valence-corrected chi connectivity index (χ0v) is 29.0. The van der Waals surface area contributed by atoms with E-state index in [0.717, 1.165) is 48.8 Å². The lowest BCUT2D eigenvalue weighted by Crippen LogP contribution is -2.50. The highest BCUT2D eigenvalue weighted by Crippen LogP contribution is 2.43. The second-order valence-electron chi connectivity index (χ2n) is 10.6. The molecule has 2 atom stereocenters. The standard InChI is InChI=1S/C28H38Cl2N4O3.C5H7NS/c1-8-20-14-24(37-7)27(30)28(26(20)29)34(19(6)35)16-21(17(3)4)15-31-18(5)32-22-12-10-11-13-23(22)33-25(36)9-2;1-2-5-3-7-4-6-5/h9,14-15,22-23,32H,2,5,8,10-13,16H2,1,3-4,6-7H3,(H,33,36);3-4H,2H2,1H3/b31-15-;/t22-,23+;/m1./s1. The molecule has 2 N–H and O–H groups in total. The Kier molecular flexibility index (Phi) is 15.7. The van der Waals surface area contributed by atoms with Crippen molar-refractivity contribution in [2.24, 2.45) is 4.99 Å². The molecule has 1 aliphatic rings. The van der Waals surface area contributed by atoms with E-state index >= 15 is 0 Å². The third kappa shape index (κ3) is 10.8. The lowest BCUT2D eigenvalue weighted by atomic mass is 9.90. The molecule has 0 bridgehead atoms. The number of methoxy groups -OCH3 is 1. The van der Waals surface area contributed by atoms with Crippen molar-refractivity contribution in [1.82, 2.24) is 15.6 Å². The number of ether oxygens (including phenoxy) is 1. The number of benzene rings is 1. The number of hydrogen-bond donors (Lipinski definition) is 2. The maximum absolute atomic E-state index is 12.8. The monoisotopic (exact) mass is 661 g/mol. The number of aliphatic imine (C=N–C) groups is 1. The van der Waals surface area contributed by atoms with Crippen LogP contribution in [0, 0.1) is 0 Å². The van der Waals surface area contributed by atoms with Gasteiger partial charge in [0.2, 0.25) is 11.8 Å². The van der Waals surface area contributed by atoms with Crippen LogP contribution in [0.25, 0.3) is 0 Å². The van der Waals surface area contributed by atoms with Gasteiger partial charge in [0.15, 0.2) is 0 Å². The largest absolute Gasteiger partial charge is 0.495 e. The van der Waals surface area contributed by atoms with Gasteiger partial charge in [-0.2, -0.15) is 0 Å². The van der Waals surface area contributed by atoms with Crippen LogP contribution < -0.4 is 20.3 Å². The number of aromatic nitrogens is 1. The van der Waals surface area contributed by atoms with Gasteiger partial charge in [-0.15, -0.1) is 11.3 Å². The van der Waals surface area contributed by atoms with Crippen molar-refractivity contribution in [3.63, 3.8) is 0 Å². The fourth-order valence-corrected chi connectivity index (χ4v) is 6.08. The van der Waals surface area contributed by atoms with E-state index in [2.05, 4.69) is 46.1 Å². The first-order valence-electron chi connectivity index (χ1n) is 14.8. The summed E-state index contributed by atoms with van der Waals surface area (Å²) < 4.78 is 5.44. The van der Waals surface area contributed by atoms with E-state index in [0.29, 0.717) is 28.7 Å². The number of rotatable bonds is 12. The molecule has 240 valence electrons. The van der Waals surface area contributed by atoms with E-state index in [1.165, 1.54) is 25.8 Å². The number of anilines is 1. The van der Waals surface area contributed by atoms with Gasteiger partial charge < -0.3 is 20.3 Å². The Morgan fingerprint density at radius 3 is 2.27 bits per heavy atom. The highest BCUT2D eigenvalue weighted by molar-refractivity contribution is 7.07. The molecule has 0 aliphatic heterocycles. The Bertz CT molecular complexity index is 1330. The Morgan fingerprint density at radius 1 is 1.14 bits per heavy atom. The summed E-state index contributed by atoms with van der Waals surface area (Å²) in [6.07, 6.45) is 8.58. The molecule has 1 fully saturated rings. The van der Waals surface area contributed by atoms with Crippen LogP contribution in [0.5, 0.6) is 5.75 Å². The first-order chi connectivity index (χ1) is 21.0. The van der Waals surface area contributed by atoms with Crippen LogP contribution in [0.4, 0.5) is 5.69 Å². The van der Waals surface area contributed by atoms with Gasteiger partial charge in [-0.1, -0.05) is 68.6 Å². The smallest absolute Gasteiger partial charge is 0.243 e. The van der Waals surface area contributed by atoms with Gasteiger partial charge in [0.1, 0.15) is 16.6 Å². The van der Waals surface area contributed by atoms with Crippen molar-refractivity contribution in [3.8, 4) is 5.75 Å². The van der Waals surface area contributed by atoms with Gasteiger partial charge >= 0.3 is 0 Å². The topological polar surface area (TPSA) is 95.9 Å². The molecule has 0 unspecified atom stereocenters. The van der Waals surface area contributed by atoms with E-state index < -0.39 is 0 Å². The highest BCUT2D eigenvalue weighted by atomic mass is 35.5. The molecule has 44 heavy (non-hydrogen) atoms. The van der Waals surface area contributed by atoms with Crippen molar-refractivity contribution in [2.45, 2.75) is 85.2 Å². The van der Waals surface area contributed by atoms with E-state index in [1.807, 2.05) is 26.3 Å². The lowest BCUT2D eigenvalue weighted by molar-refractivity contribution is -0.118. The van der Waals surface area contributed by atoms with Crippen molar-refractivity contribution in [1.29, 1.82) is 0 Å².